The van der Waals surface area contributed by atoms with Gasteiger partial charge in [-0.05, 0) is 55.1 Å². The third-order valence-corrected chi connectivity index (χ3v) is 6.04. The van der Waals surface area contributed by atoms with Crippen molar-refractivity contribution < 1.29 is 4.79 Å². The standard InChI is InChI=1S/C22H26Cl2N2O/c1-16(18-5-3-2-4-6-18)14-25-22(27)19-9-11-26(12-10-19)15-17-7-8-20(23)21(24)13-17/h2-8,13,16,19H,9-12,14-15H2,1H3,(H,25,27)/t16-/m0/s1. The lowest BCUT2D eigenvalue weighted by atomic mass is 9.95. The highest BCUT2D eigenvalue weighted by Gasteiger charge is 2.25. The van der Waals surface area contributed by atoms with Crippen LogP contribution in [0.15, 0.2) is 48.5 Å². The molecule has 0 unspecified atom stereocenters. The lowest BCUT2D eigenvalue weighted by Gasteiger charge is -2.31. The first-order valence-electron chi connectivity index (χ1n) is 9.52. The van der Waals surface area contributed by atoms with Crippen LogP contribution in [0.1, 0.15) is 36.8 Å². The van der Waals surface area contributed by atoms with Gasteiger partial charge in [0.05, 0.1) is 10.0 Å². The van der Waals surface area contributed by atoms with Crippen LogP contribution in [-0.2, 0) is 11.3 Å². The number of nitrogens with one attached hydrogen (secondary N) is 1. The van der Waals surface area contributed by atoms with Gasteiger partial charge in [0.25, 0.3) is 0 Å². The van der Waals surface area contributed by atoms with Crippen molar-refractivity contribution in [1.82, 2.24) is 10.2 Å². The third-order valence-electron chi connectivity index (χ3n) is 5.30. The van der Waals surface area contributed by atoms with Gasteiger partial charge in [0, 0.05) is 19.0 Å². The van der Waals surface area contributed by atoms with Gasteiger partial charge in [-0.2, -0.15) is 0 Å². The topological polar surface area (TPSA) is 32.3 Å². The Morgan fingerprint density at radius 3 is 2.48 bits per heavy atom. The number of hydrogen-bond donors (Lipinski definition) is 1. The number of hydrogen-bond acceptors (Lipinski definition) is 2. The summed E-state index contributed by atoms with van der Waals surface area (Å²) in [5, 5.41) is 4.32. The van der Waals surface area contributed by atoms with Crippen molar-refractivity contribution in [2.24, 2.45) is 5.92 Å². The van der Waals surface area contributed by atoms with Gasteiger partial charge in [0.1, 0.15) is 0 Å². The molecule has 0 aliphatic carbocycles. The van der Waals surface area contributed by atoms with Crippen LogP contribution in [0.2, 0.25) is 10.0 Å². The highest BCUT2D eigenvalue weighted by molar-refractivity contribution is 6.42. The second kappa shape index (κ2) is 9.59. The van der Waals surface area contributed by atoms with Gasteiger partial charge in [-0.1, -0.05) is 66.5 Å². The zero-order chi connectivity index (χ0) is 19.2. The number of nitrogens with zero attached hydrogens (tertiary/aromatic N) is 1. The minimum atomic E-state index is 0.109. The van der Waals surface area contributed by atoms with Gasteiger partial charge in [-0.15, -0.1) is 0 Å². The summed E-state index contributed by atoms with van der Waals surface area (Å²) in [7, 11) is 0. The van der Waals surface area contributed by atoms with Gasteiger partial charge in [0.15, 0.2) is 0 Å². The summed E-state index contributed by atoms with van der Waals surface area (Å²) in [6, 6.07) is 16.1. The van der Waals surface area contributed by atoms with E-state index < -0.39 is 0 Å². The van der Waals surface area contributed by atoms with Gasteiger partial charge in [-0.3, -0.25) is 9.69 Å². The van der Waals surface area contributed by atoms with Crippen molar-refractivity contribution in [1.29, 1.82) is 0 Å². The maximum absolute atomic E-state index is 12.5. The zero-order valence-electron chi connectivity index (χ0n) is 15.6. The molecule has 3 rings (SSSR count). The number of carbonyl (C=O) groups excluding carboxylic acids is 1. The van der Waals surface area contributed by atoms with Crippen LogP contribution in [0, 0.1) is 5.92 Å². The highest BCUT2D eigenvalue weighted by atomic mass is 35.5. The molecule has 0 saturated carbocycles. The molecule has 3 nitrogen and oxygen atoms in total. The van der Waals surface area contributed by atoms with Crippen molar-refractivity contribution in [2.45, 2.75) is 32.2 Å². The predicted molar refractivity (Wildman–Crippen MR) is 112 cm³/mol. The van der Waals surface area contributed by atoms with Crippen LogP contribution in [0.3, 0.4) is 0 Å². The molecule has 0 radical (unpaired) electrons. The second-order valence-corrected chi connectivity index (χ2v) is 8.17. The van der Waals surface area contributed by atoms with Crippen molar-refractivity contribution in [3.63, 3.8) is 0 Å². The lowest BCUT2D eigenvalue weighted by Crippen LogP contribution is -2.41. The minimum absolute atomic E-state index is 0.109. The number of amides is 1. The summed E-state index contributed by atoms with van der Waals surface area (Å²) in [6.07, 6.45) is 1.79. The summed E-state index contributed by atoms with van der Waals surface area (Å²) in [5.74, 6) is 0.620. The molecule has 0 aromatic heterocycles. The maximum Gasteiger partial charge on any atom is 0.223 e. The SMILES string of the molecule is C[C@@H](CNC(=O)C1CCN(Cc2ccc(Cl)c(Cl)c2)CC1)c1ccccc1. The Balaban J connectivity index is 1.43. The summed E-state index contributed by atoms with van der Waals surface area (Å²) in [5.41, 5.74) is 2.42. The highest BCUT2D eigenvalue weighted by Crippen LogP contribution is 2.25. The van der Waals surface area contributed by atoms with Crippen LogP contribution in [-0.4, -0.2) is 30.4 Å². The number of carbonyl (C=O) groups is 1. The third kappa shape index (κ3) is 5.71. The van der Waals surface area contributed by atoms with E-state index in [1.807, 2.05) is 36.4 Å². The Bertz CT molecular complexity index is 758. The van der Waals surface area contributed by atoms with Gasteiger partial charge in [-0.25, -0.2) is 0 Å². The van der Waals surface area contributed by atoms with E-state index in [1.54, 1.807) is 0 Å². The van der Waals surface area contributed by atoms with Crippen LogP contribution in [0.4, 0.5) is 0 Å². The molecule has 1 amide bonds. The summed E-state index contributed by atoms with van der Waals surface area (Å²) in [6.45, 7) is 5.53. The first-order chi connectivity index (χ1) is 13.0. The summed E-state index contributed by atoms with van der Waals surface area (Å²) in [4.78, 5) is 14.9. The molecule has 5 heteroatoms. The number of likely N-dealkylation sites (tertiary alicyclic amines) is 1. The van der Waals surface area contributed by atoms with E-state index in [9.17, 15) is 4.79 Å². The van der Waals surface area contributed by atoms with Crippen LogP contribution in [0.5, 0.6) is 0 Å². The Morgan fingerprint density at radius 2 is 1.81 bits per heavy atom. The lowest BCUT2D eigenvalue weighted by molar-refractivity contribution is -0.126. The normalized spacial score (nSPS) is 16.9. The summed E-state index contributed by atoms with van der Waals surface area (Å²) < 4.78 is 0. The molecule has 27 heavy (non-hydrogen) atoms. The molecule has 1 aliphatic rings. The van der Waals surface area contributed by atoms with Crippen LogP contribution >= 0.6 is 23.2 Å². The Hall–Kier alpha value is -1.55. The molecular formula is C22H26Cl2N2O. The average molecular weight is 405 g/mol. The van der Waals surface area contributed by atoms with Crippen LogP contribution in [0.25, 0.3) is 0 Å². The number of piperidine rings is 1. The number of rotatable bonds is 6. The Labute approximate surface area is 171 Å². The van der Waals surface area contributed by atoms with Gasteiger partial charge < -0.3 is 5.32 Å². The maximum atomic E-state index is 12.5. The second-order valence-electron chi connectivity index (χ2n) is 7.36. The van der Waals surface area contributed by atoms with Crippen molar-refractivity contribution in [3.8, 4) is 0 Å². The fourth-order valence-corrected chi connectivity index (χ4v) is 3.87. The molecule has 2 aromatic rings. The quantitative estimate of drug-likeness (QED) is 0.723. The van der Waals surface area contributed by atoms with Crippen molar-refractivity contribution >= 4 is 29.1 Å². The van der Waals surface area contributed by atoms with Crippen molar-refractivity contribution in [3.05, 3.63) is 69.7 Å². The van der Waals surface area contributed by atoms with Gasteiger partial charge >= 0.3 is 0 Å². The number of benzene rings is 2. The van der Waals surface area contributed by atoms with E-state index in [2.05, 4.69) is 29.3 Å². The van der Waals surface area contributed by atoms with E-state index in [0.29, 0.717) is 22.5 Å². The largest absolute Gasteiger partial charge is 0.355 e. The van der Waals surface area contributed by atoms with E-state index >= 15 is 0 Å². The molecule has 0 bridgehead atoms. The molecule has 1 N–H and O–H groups in total. The Kier molecular flexibility index (Phi) is 7.17. The van der Waals surface area contributed by atoms with E-state index in [1.165, 1.54) is 5.56 Å². The molecular weight excluding hydrogens is 379 g/mol. The number of halogens is 2. The van der Waals surface area contributed by atoms with Crippen molar-refractivity contribution in [2.75, 3.05) is 19.6 Å². The fourth-order valence-electron chi connectivity index (χ4n) is 3.55. The fraction of sp³-hybridized carbons (Fsp3) is 0.409. The van der Waals surface area contributed by atoms with E-state index in [-0.39, 0.29) is 11.8 Å². The first kappa shape index (κ1) is 20.2. The monoisotopic (exact) mass is 404 g/mol. The molecule has 2 aromatic carbocycles. The molecule has 1 fully saturated rings. The molecule has 144 valence electrons. The smallest absolute Gasteiger partial charge is 0.223 e. The summed E-state index contributed by atoms with van der Waals surface area (Å²) >= 11 is 12.1. The molecule has 1 heterocycles. The zero-order valence-corrected chi connectivity index (χ0v) is 17.1. The molecule has 1 aliphatic heterocycles. The predicted octanol–water partition coefficient (Wildman–Crippen LogP) is 5.13. The van der Waals surface area contributed by atoms with E-state index in [4.69, 9.17) is 23.2 Å². The minimum Gasteiger partial charge on any atom is -0.355 e. The van der Waals surface area contributed by atoms with Crippen LogP contribution < -0.4 is 5.32 Å². The van der Waals surface area contributed by atoms with Gasteiger partial charge in [0.2, 0.25) is 5.91 Å². The Morgan fingerprint density at radius 1 is 1.11 bits per heavy atom. The molecule has 1 saturated heterocycles. The van der Waals surface area contributed by atoms with E-state index in [0.717, 1.165) is 38.0 Å². The molecule has 0 spiro atoms. The molecule has 1 atom stereocenters. The average Bonchev–Trinajstić information content (AvgIpc) is 2.70. The first-order valence-corrected chi connectivity index (χ1v) is 10.3.